The Kier molecular flexibility index (Phi) is 9.37. The molecule has 0 aliphatic heterocycles. The third-order valence-electron chi connectivity index (χ3n) is 3.69. The molecule has 0 aliphatic rings. The first kappa shape index (κ1) is 21.6. The number of hydrogen-bond acceptors (Lipinski definition) is 4. The lowest BCUT2D eigenvalue weighted by Crippen LogP contribution is -2.27. The second-order valence-electron chi connectivity index (χ2n) is 5.67. The standard InChI is InChI=1S/C20H26N2O3.ClH/c1-3-24-18-10-7-16(13-19(18)25-4-2)11-12-22-20(23)14-15-5-8-17(21)9-6-15;/h5-10,13H,3-4,11-12,14,21H2,1-2H3,(H,22,23);1H. The van der Waals surface area contributed by atoms with Gasteiger partial charge >= 0.3 is 0 Å². The van der Waals surface area contributed by atoms with E-state index in [1.165, 1.54) is 0 Å². The summed E-state index contributed by atoms with van der Waals surface area (Å²) in [5.74, 6) is 1.50. The van der Waals surface area contributed by atoms with Crippen molar-refractivity contribution in [2.45, 2.75) is 26.7 Å². The summed E-state index contributed by atoms with van der Waals surface area (Å²) in [4.78, 5) is 12.0. The fourth-order valence-electron chi connectivity index (χ4n) is 2.48. The molecule has 0 aromatic heterocycles. The summed E-state index contributed by atoms with van der Waals surface area (Å²) < 4.78 is 11.2. The van der Waals surface area contributed by atoms with Crippen LogP contribution in [0.1, 0.15) is 25.0 Å². The number of carbonyl (C=O) groups is 1. The largest absolute Gasteiger partial charge is 0.490 e. The molecular formula is C20H27ClN2O3. The zero-order chi connectivity index (χ0) is 18.1. The molecule has 0 radical (unpaired) electrons. The first-order valence-electron chi connectivity index (χ1n) is 8.62. The molecule has 5 nitrogen and oxygen atoms in total. The Hall–Kier alpha value is -2.40. The maximum atomic E-state index is 12.0. The van der Waals surface area contributed by atoms with Crippen molar-refractivity contribution >= 4 is 24.0 Å². The normalized spacial score (nSPS) is 9.92. The van der Waals surface area contributed by atoms with Crippen molar-refractivity contribution in [1.29, 1.82) is 0 Å². The Labute approximate surface area is 161 Å². The number of nitrogens with two attached hydrogens (primary N) is 1. The molecule has 0 spiro atoms. The Morgan fingerprint density at radius 1 is 0.962 bits per heavy atom. The smallest absolute Gasteiger partial charge is 0.224 e. The topological polar surface area (TPSA) is 73.6 Å². The number of amides is 1. The van der Waals surface area contributed by atoms with Crippen molar-refractivity contribution in [3.8, 4) is 11.5 Å². The molecule has 6 heteroatoms. The van der Waals surface area contributed by atoms with E-state index in [4.69, 9.17) is 15.2 Å². The molecule has 0 heterocycles. The maximum Gasteiger partial charge on any atom is 0.224 e. The Morgan fingerprint density at radius 2 is 1.58 bits per heavy atom. The van der Waals surface area contributed by atoms with Crippen LogP contribution in [0.2, 0.25) is 0 Å². The van der Waals surface area contributed by atoms with Crippen LogP contribution in [-0.4, -0.2) is 25.7 Å². The van der Waals surface area contributed by atoms with Gasteiger partial charge in [0.15, 0.2) is 11.5 Å². The van der Waals surface area contributed by atoms with Gasteiger partial charge in [-0.3, -0.25) is 4.79 Å². The minimum Gasteiger partial charge on any atom is -0.490 e. The summed E-state index contributed by atoms with van der Waals surface area (Å²) in [5, 5.41) is 2.94. The summed E-state index contributed by atoms with van der Waals surface area (Å²) in [6.45, 7) is 5.65. The summed E-state index contributed by atoms with van der Waals surface area (Å²) in [6.07, 6.45) is 1.09. The molecule has 0 saturated carbocycles. The molecule has 2 aromatic carbocycles. The average molecular weight is 379 g/mol. The number of halogens is 1. The highest BCUT2D eigenvalue weighted by molar-refractivity contribution is 5.85. The monoisotopic (exact) mass is 378 g/mol. The summed E-state index contributed by atoms with van der Waals surface area (Å²) in [5.41, 5.74) is 8.39. The van der Waals surface area contributed by atoms with Crippen molar-refractivity contribution in [3.63, 3.8) is 0 Å². The maximum absolute atomic E-state index is 12.0. The van der Waals surface area contributed by atoms with Crippen LogP contribution in [0.25, 0.3) is 0 Å². The number of nitrogen functional groups attached to an aromatic ring is 1. The first-order chi connectivity index (χ1) is 12.1. The van der Waals surface area contributed by atoms with Gasteiger partial charge in [0.2, 0.25) is 5.91 Å². The predicted molar refractivity (Wildman–Crippen MR) is 107 cm³/mol. The van der Waals surface area contributed by atoms with E-state index in [-0.39, 0.29) is 18.3 Å². The number of nitrogens with one attached hydrogen (secondary N) is 1. The molecule has 0 fully saturated rings. The fourth-order valence-corrected chi connectivity index (χ4v) is 2.48. The highest BCUT2D eigenvalue weighted by Gasteiger charge is 2.07. The van der Waals surface area contributed by atoms with Crippen molar-refractivity contribution in [2.75, 3.05) is 25.5 Å². The SMILES string of the molecule is CCOc1ccc(CCNC(=O)Cc2ccc(N)cc2)cc1OCC.Cl. The Bertz CT molecular complexity index is 690. The van der Waals surface area contributed by atoms with Gasteiger partial charge in [0.1, 0.15) is 0 Å². The molecule has 1 amide bonds. The Balaban J connectivity index is 0.00000338. The molecule has 0 aliphatic carbocycles. The second-order valence-corrected chi connectivity index (χ2v) is 5.67. The van der Waals surface area contributed by atoms with Gasteiger partial charge in [-0.15, -0.1) is 12.4 Å². The molecule has 2 rings (SSSR count). The fraction of sp³-hybridized carbons (Fsp3) is 0.350. The quantitative estimate of drug-likeness (QED) is 0.656. The zero-order valence-corrected chi connectivity index (χ0v) is 16.1. The molecule has 3 N–H and O–H groups in total. The first-order valence-corrected chi connectivity index (χ1v) is 8.62. The second kappa shape index (κ2) is 11.3. The number of hydrogen-bond donors (Lipinski definition) is 2. The molecular weight excluding hydrogens is 352 g/mol. The molecule has 2 aromatic rings. The van der Waals surface area contributed by atoms with Crippen molar-refractivity contribution in [3.05, 3.63) is 53.6 Å². The van der Waals surface area contributed by atoms with E-state index in [9.17, 15) is 4.79 Å². The van der Waals surface area contributed by atoms with E-state index >= 15 is 0 Å². The van der Waals surface area contributed by atoms with Crippen LogP contribution in [0.15, 0.2) is 42.5 Å². The minimum absolute atomic E-state index is 0. The van der Waals surface area contributed by atoms with E-state index in [1.54, 1.807) is 12.1 Å². The third kappa shape index (κ3) is 6.84. The zero-order valence-electron chi connectivity index (χ0n) is 15.3. The van der Waals surface area contributed by atoms with Gasteiger partial charge < -0.3 is 20.5 Å². The molecule has 26 heavy (non-hydrogen) atoms. The lowest BCUT2D eigenvalue weighted by molar-refractivity contribution is -0.120. The molecule has 0 atom stereocenters. The van der Waals surface area contributed by atoms with Gasteiger partial charge in [-0.1, -0.05) is 18.2 Å². The molecule has 0 unspecified atom stereocenters. The van der Waals surface area contributed by atoms with E-state index in [0.717, 1.165) is 29.0 Å². The highest BCUT2D eigenvalue weighted by atomic mass is 35.5. The van der Waals surface area contributed by atoms with Gasteiger partial charge in [-0.25, -0.2) is 0 Å². The number of rotatable bonds is 9. The summed E-state index contributed by atoms with van der Waals surface area (Å²) >= 11 is 0. The summed E-state index contributed by atoms with van der Waals surface area (Å²) in [6, 6.07) is 13.2. The molecule has 0 bridgehead atoms. The van der Waals surface area contributed by atoms with Crippen LogP contribution in [0.4, 0.5) is 5.69 Å². The van der Waals surface area contributed by atoms with E-state index < -0.39 is 0 Å². The number of ether oxygens (including phenoxy) is 2. The third-order valence-corrected chi connectivity index (χ3v) is 3.69. The van der Waals surface area contributed by atoms with Crippen LogP contribution >= 0.6 is 12.4 Å². The highest BCUT2D eigenvalue weighted by Crippen LogP contribution is 2.28. The lowest BCUT2D eigenvalue weighted by atomic mass is 10.1. The van der Waals surface area contributed by atoms with Crippen LogP contribution in [0, 0.1) is 0 Å². The minimum atomic E-state index is 0. The van der Waals surface area contributed by atoms with Gasteiger partial charge in [-0.05, 0) is 55.7 Å². The van der Waals surface area contributed by atoms with Crippen LogP contribution < -0.4 is 20.5 Å². The van der Waals surface area contributed by atoms with Gasteiger partial charge in [-0.2, -0.15) is 0 Å². The van der Waals surface area contributed by atoms with E-state index in [2.05, 4.69) is 5.32 Å². The van der Waals surface area contributed by atoms with Crippen molar-refractivity contribution in [1.82, 2.24) is 5.32 Å². The molecule has 0 saturated heterocycles. The summed E-state index contributed by atoms with van der Waals surface area (Å²) in [7, 11) is 0. The van der Waals surface area contributed by atoms with Crippen molar-refractivity contribution in [2.24, 2.45) is 0 Å². The number of carbonyl (C=O) groups excluding carboxylic acids is 1. The lowest BCUT2D eigenvalue weighted by Gasteiger charge is -2.12. The van der Waals surface area contributed by atoms with Gasteiger partial charge in [0.05, 0.1) is 19.6 Å². The van der Waals surface area contributed by atoms with Crippen LogP contribution in [-0.2, 0) is 17.6 Å². The molecule has 142 valence electrons. The van der Waals surface area contributed by atoms with Crippen LogP contribution in [0.3, 0.4) is 0 Å². The number of benzene rings is 2. The van der Waals surface area contributed by atoms with Gasteiger partial charge in [0.25, 0.3) is 0 Å². The average Bonchev–Trinajstić information content (AvgIpc) is 2.59. The van der Waals surface area contributed by atoms with Crippen LogP contribution in [0.5, 0.6) is 11.5 Å². The van der Waals surface area contributed by atoms with E-state index in [1.807, 2.05) is 44.2 Å². The number of anilines is 1. The van der Waals surface area contributed by atoms with Crippen molar-refractivity contribution < 1.29 is 14.3 Å². The predicted octanol–water partition coefficient (Wildman–Crippen LogP) is 3.39. The Morgan fingerprint density at radius 3 is 2.23 bits per heavy atom. The van der Waals surface area contributed by atoms with E-state index in [0.29, 0.717) is 31.9 Å². The van der Waals surface area contributed by atoms with Gasteiger partial charge in [0, 0.05) is 12.2 Å².